The fraction of sp³-hybridized carbons (Fsp3) is 0.473. The number of nitrogens with one attached hydrogen (secondary N) is 2. The Labute approximate surface area is 426 Å². The molecule has 10 rings (SSSR count). The normalized spacial score (nSPS) is 24.1. The molecule has 3 atom stereocenters. The topological polar surface area (TPSA) is 190 Å². The number of imidazole rings is 1. The number of amides is 4. The van der Waals surface area contributed by atoms with Gasteiger partial charge in [-0.25, -0.2) is 13.6 Å². The number of nitrogens with two attached hydrogens (primary N) is 1. The van der Waals surface area contributed by atoms with Gasteiger partial charge in [0.15, 0.2) is 17.2 Å². The van der Waals surface area contributed by atoms with E-state index in [1.54, 1.807) is 11.6 Å². The monoisotopic (exact) mass is 1020 g/mol. The number of nitrogens with zero attached hydrogens (tertiary/aromatic N) is 4. The lowest BCUT2D eigenvalue weighted by Gasteiger charge is -2.43. The molecule has 1 unspecified atom stereocenters. The van der Waals surface area contributed by atoms with E-state index >= 15 is 8.78 Å². The molecule has 4 aliphatic heterocycles. The number of aryl methyl sites for hydroxylation is 1. The van der Waals surface area contributed by atoms with E-state index in [0.29, 0.717) is 36.0 Å². The second-order valence-corrected chi connectivity index (χ2v) is 20.9. The number of primary amides is 1. The van der Waals surface area contributed by atoms with Crippen LogP contribution in [0.3, 0.4) is 0 Å². The number of aliphatic hydroxyl groups is 1. The highest BCUT2D eigenvalue weighted by Gasteiger charge is 2.50. The van der Waals surface area contributed by atoms with Gasteiger partial charge in [-0.15, -0.1) is 0 Å². The number of piperidine rings is 3. The number of fused-ring (bicyclic) bond motifs is 2. The van der Waals surface area contributed by atoms with Gasteiger partial charge >= 0.3 is 5.69 Å². The minimum Gasteiger partial charge on any atom is -0.488 e. The van der Waals surface area contributed by atoms with Crippen LogP contribution in [-0.2, 0) is 27.0 Å². The van der Waals surface area contributed by atoms with Crippen molar-refractivity contribution in [2.45, 2.75) is 107 Å². The zero-order chi connectivity index (χ0) is 51.3. The molecule has 4 fully saturated rings. The number of aliphatic hydroxyl groups excluding tert-OH is 1. The van der Waals surface area contributed by atoms with E-state index in [1.165, 1.54) is 28.3 Å². The third-order valence-corrected chi connectivity index (χ3v) is 16.9. The number of halogens is 3. The van der Waals surface area contributed by atoms with Crippen molar-refractivity contribution < 1.29 is 42.5 Å². The van der Waals surface area contributed by atoms with Crippen molar-refractivity contribution in [3.63, 3.8) is 0 Å². The largest absolute Gasteiger partial charge is 0.488 e. The number of benzene rings is 4. The molecular formula is C55H62ClF2N7O8. The second-order valence-electron chi connectivity index (χ2n) is 20.5. The van der Waals surface area contributed by atoms with Gasteiger partial charge in [-0.3, -0.25) is 33.6 Å². The Hall–Kier alpha value is -6.14. The summed E-state index contributed by atoms with van der Waals surface area (Å²) >= 11 is 6.73. The highest BCUT2D eigenvalue weighted by Crippen LogP contribution is 2.56. The third kappa shape index (κ3) is 9.31. The van der Waals surface area contributed by atoms with Crippen molar-refractivity contribution in [3.05, 3.63) is 116 Å². The van der Waals surface area contributed by atoms with Crippen molar-refractivity contribution in [3.8, 4) is 22.6 Å². The van der Waals surface area contributed by atoms with Crippen LogP contribution in [0, 0.1) is 17.6 Å². The molecule has 5 N–H and O–H groups in total. The third-order valence-electron chi connectivity index (χ3n) is 16.5. The molecule has 4 amide bonds. The molecule has 386 valence electrons. The first kappa shape index (κ1) is 50.4. The Morgan fingerprint density at radius 1 is 0.904 bits per heavy atom. The first-order chi connectivity index (χ1) is 35.2. The van der Waals surface area contributed by atoms with Crippen molar-refractivity contribution in [2.24, 2.45) is 18.7 Å². The molecule has 18 heteroatoms. The maximum Gasteiger partial charge on any atom is 0.329 e. The number of hydrogen-bond donors (Lipinski definition) is 4. The minimum absolute atomic E-state index is 0.0567. The van der Waals surface area contributed by atoms with Crippen LogP contribution in [-0.4, -0.2) is 106 Å². The van der Waals surface area contributed by atoms with E-state index in [0.717, 1.165) is 88.6 Å². The fourth-order valence-corrected chi connectivity index (χ4v) is 12.8. The van der Waals surface area contributed by atoms with Crippen LogP contribution in [0.25, 0.3) is 22.2 Å². The Morgan fingerprint density at radius 2 is 1.63 bits per heavy atom. The van der Waals surface area contributed by atoms with Crippen molar-refractivity contribution in [1.29, 1.82) is 0 Å². The standard InChI is InChI=1S/C55H62ClF2N7O8/c1-31-46-44(29-39(57)49(56)48(46)47-38(51(59)68)13-16-43(50(47)58)72-27-26-66)73-55(31,35-6-4-3-5-7-35)30-60-36-11-8-33(9-12-36)53(70)64-24-20-37(21-25-64)63-22-18-32(19-23-63)34-10-14-40-42(28-34)62(2)54(71)65(40)41-15-17-45(67)61-52(41)69/h3-7,10,13-14,16,28-29,31-33,36-37,41,60,66H,8-9,11-12,15,17-27,30H2,1-2H3,(H2,59,68)(H,61,67,69)/t31-,33?,36?,41?,55-/m0/s1. The summed E-state index contributed by atoms with van der Waals surface area (Å²) in [4.78, 5) is 69.3. The van der Waals surface area contributed by atoms with Gasteiger partial charge in [0.05, 0.1) is 28.2 Å². The molecule has 1 saturated carbocycles. The molecule has 3 saturated heterocycles. The molecule has 5 aliphatic rings. The summed E-state index contributed by atoms with van der Waals surface area (Å²) in [7, 11) is 1.73. The summed E-state index contributed by atoms with van der Waals surface area (Å²) in [5.41, 5.74) is 7.65. The lowest BCUT2D eigenvalue weighted by Crippen LogP contribution is -2.51. The number of carbonyl (C=O) groups is 4. The highest BCUT2D eigenvalue weighted by atomic mass is 35.5. The van der Waals surface area contributed by atoms with E-state index in [1.807, 2.05) is 43.3 Å². The van der Waals surface area contributed by atoms with Gasteiger partial charge in [0, 0.05) is 79.8 Å². The molecule has 73 heavy (non-hydrogen) atoms. The Morgan fingerprint density at radius 3 is 2.32 bits per heavy atom. The average molecular weight is 1020 g/mol. The first-order valence-electron chi connectivity index (χ1n) is 25.6. The van der Waals surface area contributed by atoms with E-state index in [2.05, 4.69) is 32.6 Å². The van der Waals surface area contributed by atoms with Crippen LogP contribution in [0.4, 0.5) is 8.78 Å². The average Bonchev–Trinajstić information content (AvgIpc) is 3.82. The van der Waals surface area contributed by atoms with Gasteiger partial charge in [0.1, 0.15) is 24.2 Å². The molecule has 1 aliphatic carbocycles. The number of ether oxygens (including phenoxy) is 2. The minimum atomic E-state index is -1.11. The molecule has 0 spiro atoms. The Balaban J connectivity index is 0.752. The van der Waals surface area contributed by atoms with Crippen LogP contribution in [0.2, 0.25) is 5.02 Å². The first-order valence-corrected chi connectivity index (χ1v) is 26.0. The van der Waals surface area contributed by atoms with Crippen LogP contribution in [0.5, 0.6) is 11.5 Å². The van der Waals surface area contributed by atoms with Gasteiger partial charge < -0.3 is 35.4 Å². The summed E-state index contributed by atoms with van der Waals surface area (Å²) < 4.78 is 47.7. The summed E-state index contributed by atoms with van der Waals surface area (Å²) in [5, 5.41) is 15.1. The summed E-state index contributed by atoms with van der Waals surface area (Å²) in [6.45, 7) is 4.95. The lowest BCUT2D eigenvalue weighted by atomic mass is 9.77. The van der Waals surface area contributed by atoms with Gasteiger partial charge in [-0.1, -0.05) is 54.9 Å². The van der Waals surface area contributed by atoms with Crippen LogP contribution >= 0.6 is 11.6 Å². The van der Waals surface area contributed by atoms with E-state index < -0.39 is 46.0 Å². The zero-order valence-electron chi connectivity index (χ0n) is 41.1. The molecule has 1 aromatic heterocycles. The number of imide groups is 1. The van der Waals surface area contributed by atoms with E-state index in [9.17, 15) is 29.1 Å². The van der Waals surface area contributed by atoms with Gasteiger partial charge in [0.2, 0.25) is 23.6 Å². The SMILES string of the molecule is C[C@H]1c2c(cc(F)c(Cl)c2-c2c(C(N)=O)ccc(OCCO)c2F)O[C@]1(CNC1CCC(C(=O)N2CCC(N3CCC(c4ccc5c(c4)n(C)c(=O)n5C4CCC(=O)NC4=O)CC3)CC2)CC1)c1ccccc1. The van der Waals surface area contributed by atoms with Crippen molar-refractivity contribution in [2.75, 3.05) is 45.9 Å². The van der Waals surface area contributed by atoms with E-state index in [-0.39, 0.29) is 77.3 Å². The predicted octanol–water partition coefficient (Wildman–Crippen LogP) is 6.80. The van der Waals surface area contributed by atoms with Gasteiger partial charge in [-0.2, -0.15) is 0 Å². The lowest BCUT2D eigenvalue weighted by molar-refractivity contribution is -0.138. The summed E-state index contributed by atoms with van der Waals surface area (Å²) in [6, 6.07) is 19.1. The Kier molecular flexibility index (Phi) is 14.2. The van der Waals surface area contributed by atoms with E-state index in [4.69, 9.17) is 26.8 Å². The number of rotatable bonds is 13. The molecule has 5 heterocycles. The number of likely N-dealkylation sites (tertiary alicyclic amines) is 2. The predicted molar refractivity (Wildman–Crippen MR) is 271 cm³/mol. The molecule has 0 radical (unpaired) electrons. The zero-order valence-corrected chi connectivity index (χ0v) is 41.9. The molecule has 5 aromatic rings. The molecular weight excluding hydrogens is 960 g/mol. The van der Waals surface area contributed by atoms with Crippen molar-refractivity contribution >= 4 is 46.3 Å². The van der Waals surface area contributed by atoms with Gasteiger partial charge in [-0.05, 0) is 112 Å². The highest BCUT2D eigenvalue weighted by molar-refractivity contribution is 6.34. The van der Waals surface area contributed by atoms with Crippen LogP contribution < -0.4 is 31.5 Å². The maximum absolute atomic E-state index is 16.5. The van der Waals surface area contributed by atoms with Gasteiger partial charge in [0.25, 0.3) is 0 Å². The smallest absolute Gasteiger partial charge is 0.329 e. The van der Waals surface area contributed by atoms with Crippen LogP contribution in [0.15, 0.2) is 71.5 Å². The quantitative estimate of drug-likeness (QED) is 0.0914. The number of aromatic nitrogens is 2. The molecule has 4 aromatic carbocycles. The number of carbonyl (C=O) groups excluding carboxylic acids is 4. The fourth-order valence-electron chi connectivity index (χ4n) is 12.5. The molecule has 15 nitrogen and oxygen atoms in total. The molecule has 0 bridgehead atoms. The maximum atomic E-state index is 16.5. The van der Waals surface area contributed by atoms with Crippen LogP contribution in [0.1, 0.15) is 116 Å². The summed E-state index contributed by atoms with van der Waals surface area (Å²) in [5.74, 6) is -3.72. The summed E-state index contributed by atoms with van der Waals surface area (Å²) in [6.07, 6.45) is 7.30. The Bertz CT molecular complexity index is 3020. The number of hydrogen-bond acceptors (Lipinski definition) is 10. The second kappa shape index (κ2) is 20.6. The van der Waals surface area contributed by atoms with Crippen molar-refractivity contribution in [1.82, 2.24) is 29.6 Å².